The van der Waals surface area contributed by atoms with Gasteiger partial charge in [0.1, 0.15) is 11.6 Å². The molecule has 0 saturated carbocycles. The zero-order valence-electron chi connectivity index (χ0n) is 12.5. The first kappa shape index (κ1) is 18.5. The fourth-order valence-corrected chi connectivity index (χ4v) is 2.34. The van der Waals surface area contributed by atoms with Gasteiger partial charge in [0.05, 0.1) is 18.2 Å². The number of carbonyl (C=O) groups excluding carboxylic acids is 2. The van der Waals surface area contributed by atoms with E-state index >= 15 is 0 Å². The summed E-state index contributed by atoms with van der Waals surface area (Å²) in [6, 6.07) is 3.00. The molecule has 11 heteroatoms. The number of nitrogens with one attached hydrogen (secondary N) is 1. The first-order valence-corrected chi connectivity index (χ1v) is 7.35. The van der Waals surface area contributed by atoms with Crippen molar-refractivity contribution in [1.29, 1.82) is 0 Å². The summed E-state index contributed by atoms with van der Waals surface area (Å²) >= 11 is 0.840. The number of amidine groups is 1. The molecule has 1 aromatic carbocycles. The maximum Gasteiger partial charge on any atom is 0.387 e. The lowest BCUT2D eigenvalue weighted by molar-refractivity contribution is -0.135. The summed E-state index contributed by atoms with van der Waals surface area (Å²) in [7, 11) is 1.16. The predicted octanol–water partition coefficient (Wildman–Crippen LogP) is 2.04. The van der Waals surface area contributed by atoms with E-state index in [4.69, 9.17) is 0 Å². The molecule has 1 N–H and O–H groups in total. The summed E-state index contributed by atoms with van der Waals surface area (Å²) in [4.78, 5) is 22.8. The van der Waals surface area contributed by atoms with Crippen molar-refractivity contribution in [3.63, 3.8) is 0 Å². The van der Waals surface area contributed by atoms with Gasteiger partial charge in [-0.3, -0.25) is 10.1 Å². The quantitative estimate of drug-likeness (QED) is 0.369. The molecule has 0 aromatic heterocycles. The fraction of sp³-hybridized carbons (Fsp3) is 0.143. The van der Waals surface area contributed by atoms with E-state index in [-0.39, 0.29) is 15.6 Å². The van der Waals surface area contributed by atoms with Gasteiger partial charge in [-0.1, -0.05) is 0 Å². The van der Waals surface area contributed by atoms with Crippen LogP contribution in [0.1, 0.15) is 5.56 Å². The van der Waals surface area contributed by atoms with Gasteiger partial charge < -0.3 is 9.47 Å². The summed E-state index contributed by atoms with van der Waals surface area (Å²) in [5, 5.41) is 9.72. The van der Waals surface area contributed by atoms with Crippen LogP contribution in [0, 0.1) is 5.82 Å². The van der Waals surface area contributed by atoms with Gasteiger partial charge in [0.15, 0.2) is 5.17 Å². The van der Waals surface area contributed by atoms with Crippen molar-refractivity contribution in [3.05, 3.63) is 40.6 Å². The molecule has 132 valence electrons. The summed E-state index contributed by atoms with van der Waals surface area (Å²) in [5.74, 6) is -2.43. The topological polar surface area (TPSA) is 89.3 Å². The standard InChI is InChI=1S/C14H10F3N3O4S/c1-23-11(21)5-10-12(22)19-14(25-10)20-18-6-7-2-3-8(15)4-9(7)24-13(16)17/h2-6,13H,1H3,(H,19,20,22)/b10-5+,18-6?. The number of hydrogen-bond acceptors (Lipinski definition) is 7. The number of ether oxygens (including phenoxy) is 2. The zero-order valence-corrected chi connectivity index (χ0v) is 13.4. The van der Waals surface area contributed by atoms with Crippen LogP contribution in [-0.2, 0) is 14.3 Å². The molecule has 0 unspecified atom stereocenters. The van der Waals surface area contributed by atoms with Crippen molar-refractivity contribution in [2.24, 2.45) is 10.2 Å². The number of methoxy groups -OCH3 is 1. The lowest BCUT2D eigenvalue weighted by Gasteiger charge is -2.07. The molecule has 0 bridgehead atoms. The van der Waals surface area contributed by atoms with Crippen LogP contribution in [0.2, 0.25) is 0 Å². The molecule has 0 atom stereocenters. The molecule has 0 aliphatic carbocycles. The van der Waals surface area contributed by atoms with Gasteiger partial charge in [-0.05, 0) is 23.9 Å². The Balaban J connectivity index is 2.13. The Kier molecular flexibility index (Phi) is 6.17. The summed E-state index contributed by atoms with van der Waals surface area (Å²) in [6.07, 6.45) is 2.04. The number of carbonyl (C=O) groups is 2. The van der Waals surface area contributed by atoms with Crippen LogP contribution in [0.25, 0.3) is 0 Å². The number of esters is 1. The molecule has 7 nitrogen and oxygen atoms in total. The largest absolute Gasteiger partial charge is 0.466 e. The maximum atomic E-state index is 13.1. The van der Waals surface area contributed by atoms with E-state index < -0.39 is 30.1 Å². The number of halogens is 3. The second-order valence-corrected chi connectivity index (χ2v) is 5.33. The minimum absolute atomic E-state index is 0.0595. The lowest BCUT2D eigenvalue weighted by Crippen LogP contribution is -2.19. The number of benzene rings is 1. The van der Waals surface area contributed by atoms with E-state index in [9.17, 15) is 22.8 Å². The van der Waals surface area contributed by atoms with Gasteiger partial charge in [-0.25, -0.2) is 9.18 Å². The zero-order chi connectivity index (χ0) is 18.4. The molecule has 25 heavy (non-hydrogen) atoms. The second kappa shape index (κ2) is 8.33. The highest BCUT2D eigenvalue weighted by Crippen LogP contribution is 2.24. The smallest absolute Gasteiger partial charge is 0.387 e. The Bertz CT molecular complexity index is 781. The van der Waals surface area contributed by atoms with Crippen LogP contribution in [0.4, 0.5) is 13.2 Å². The predicted molar refractivity (Wildman–Crippen MR) is 83.9 cm³/mol. The third-order valence-electron chi connectivity index (χ3n) is 2.64. The molecule has 1 aliphatic rings. The molecular formula is C14H10F3N3O4S. The number of amides is 1. The monoisotopic (exact) mass is 373 g/mol. The molecule has 1 aromatic rings. The van der Waals surface area contributed by atoms with E-state index in [1.165, 1.54) is 6.07 Å². The first-order chi connectivity index (χ1) is 11.9. The minimum atomic E-state index is -3.13. The molecule has 0 radical (unpaired) electrons. The Morgan fingerprint density at radius 3 is 2.84 bits per heavy atom. The minimum Gasteiger partial charge on any atom is -0.466 e. The summed E-state index contributed by atoms with van der Waals surface area (Å²) in [5.41, 5.74) is 0.0608. The lowest BCUT2D eigenvalue weighted by atomic mass is 10.2. The van der Waals surface area contributed by atoms with Crippen LogP contribution in [0.15, 0.2) is 39.4 Å². The van der Waals surface area contributed by atoms with Crippen molar-refractivity contribution < 1.29 is 32.2 Å². The summed E-state index contributed by atoms with van der Waals surface area (Å²) < 4.78 is 46.3. The number of alkyl halides is 2. The molecule has 1 fully saturated rings. The fourth-order valence-electron chi connectivity index (χ4n) is 1.60. The van der Waals surface area contributed by atoms with E-state index in [1.54, 1.807) is 0 Å². The number of hydrogen-bond donors (Lipinski definition) is 1. The average molecular weight is 373 g/mol. The Labute approximate surface area is 143 Å². The van der Waals surface area contributed by atoms with Gasteiger partial charge in [0.2, 0.25) is 0 Å². The van der Waals surface area contributed by atoms with Crippen LogP contribution < -0.4 is 10.1 Å². The normalized spacial score (nSPS) is 17.6. The van der Waals surface area contributed by atoms with E-state index in [2.05, 4.69) is 25.0 Å². The SMILES string of the molecule is COC(=O)/C=C1/S/C(=N\N=Cc2ccc(F)cc2OC(F)F)NC1=O. The second-order valence-electron chi connectivity index (χ2n) is 4.30. The number of thioether (sulfide) groups is 1. The van der Waals surface area contributed by atoms with Crippen LogP contribution >= 0.6 is 11.8 Å². The van der Waals surface area contributed by atoms with Gasteiger partial charge in [-0.2, -0.15) is 13.9 Å². The molecule has 2 rings (SSSR count). The third kappa shape index (κ3) is 5.35. The summed E-state index contributed by atoms with van der Waals surface area (Å²) in [6.45, 7) is -3.13. The molecule has 0 spiro atoms. The molecule has 1 aliphatic heterocycles. The van der Waals surface area contributed by atoms with E-state index in [1.807, 2.05) is 0 Å². The average Bonchev–Trinajstić information content (AvgIpc) is 2.88. The Morgan fingerprint density at radius 2 is 2.16 bits per heavy atom. The van der Waals surface area contributed by atoms with Crippen molar-refractivity contribution in [2.45, 2.75) is 6.61 Å². The Morgan fingerprint density at radius 1 is 1.40 bits per heavy atom. The Hall–Kier alpha value is -2.82. The van der Waals surface area contributed by atoms with Crippen LogP contribution in [0.5, 0.6) is 5.75 Å². The molecule has 1 heterocycles. The highest BCUT2D eigenvalue weighted by molar-refractivity contribution is 8.18. The van der Waals surface area contributed by atoms with Crippen molar-refractivity contribution >= 4 is 35.0 Å². The molecule has 1 saturated heterocycles. The van der Waals surface area contributed by atoms with Crippen molar-refractivity contribution in [1.82, 2.24) is 5.32 Å². The molecule has 1 amide bonds. The number of rotatable bonds is 5. The van der Waals surface area contributed by atoms with E-state index in [0.717, 1.165) is 43.3 Å². The highest BCUT2D eigenvalue weighted by Gasteiger charge is 2.25. The number of nitrogens with zero attached hydrogens (tertiary/aromatic N) is 2. The van der Waals surface area contributed by atoms with Crippen molar-refractivity contribution in [3.8, 4) is 5.75 Å². The first-order valence-electron chi connectivity index (χ1n) is 6.53. The van der Waals surface area contributed by atoms with E-state index in [0.29, 0.717) is 0 Å². The molecular weight excluding hydrogens is 363 g/mol. The van der Waals surface area contributed by atoms with Gasteiger partial charge in [-0.15, -0.1) is 5.10 Å². The highest BCUT2D eigenvalue weighted by atomic mass is 32.2. The van der Waals surface area contributed by atoms with Crippen molar-refractivity contribution in [2.75, 3.05) is 7.11 Å². The maximum absolute atomic E-state index is 13.1. The third-order valence-corrected chi connectivity index (χ3v) is 3.54. The van der Waals surface area contributed by atoms with Gasteiger partial charge in [0, 0.05) is 17.7 Å². The van der Waals surface area contributed by atoms with Gasteiger partial charge >= 0.3 is 12.6 Å². The van der Waals surface area contributed by atoms with Gasteiger partial charge in [0.25, 0.3) is 5.91 Å². The van der Waals surface area contributed by atoms with Crippen LogP contribution in [-0.4, -0.2) is 37.0 Å². The van der Waals surface area contributed by atoms with Crippen LogP contribution in [0.3, 0.4) is 0 Å².